The lowest BCUT2D eigenvalue weighted by Gasteiger charge is -2.25. The molecule has 0 amide bonds. The van der Waals surface area contributed by atoms with E-state index in [0.717, 1.165) is 0 Å². The minimum Gasteiger partial charge on any atom is -0.251 e. The van der Waals surface area contributed by atoms with Crippen LogP contribution in [0, 0.1) is 11.3 Å². The molecule has 56 valence electrons. The van der Waals surface area contributed by atoms with E-state index >= 15 is 0 Å². The van der Waals surface area contributed by atoms with Crippen molar-refractivity contribution < 1.29 is 4.39 Å². The van der Waals surface area contributed by atoms with Gasteiger partial charge in [-0.1, -0.05) is 27.7 Å². The fraction of sp³-hybridized carbons (Fsp3) is 1.00. The summed E-state index contributed by atoms with van der Waals surface area (Å²) in [7, 11) is 0. The molecule has 0 saturated heterocycles. The fourth-order valence-electron chi connectivity index (χ4n) is 0.597. The summed E-state index contributed by atoms with van der Waals surface area (Å²) in [6.07, 6.45) is 0.698. The van der Waals surface area contributed by atoms with Crippen molar-refractivity contribution in [1.29, 1.82) is 0 Å². The normalized spacial score (nSPS) is 15.7. The second kappa shape index (κ2) is 3.19. The van der Waals surface area contributed by atoms with Crippen molar-refractivity contribution in [2.24, 2.45) is 11.3 Å². The topological polar surface area (TPSA) is 0 Å². The van der Waals surface area contributed by atoms with Crippen LogP contribution in [0.25, 0.3) is 0 Å². The van der Waals surface area contributed by atoms with Crippen LogP contribution in [0.1, 0.15) is 34.1 Å². The third-order valence-electron chi connectivity index (χ3n) is 2.02. The molecule has 9 heavy (non-hydrogen) atoms. The van der Waals surface area contributed by atoms with Gasteiger partial charge in [0.25, 0.3) is 0 Å². The molecule has 0 radical (unpaired) electrons. The lowest BCUT2D eigenvalue weighted by molar-refractivity contribution is 0.228. The van der Waals surface area contributed by atoms with E-state index in [0.29, 0.717) is 12.3 Å². The van der Waals surface area contributed by atoms with Crippen LogP contribution in [0.5, 0.6) is 0 Å². The SMILES string of the molecule is CC(CCF)C(C)(C)C. The van der Waals surface area contributed by atoms with Crippen molar-refractivity contribution in [3.8, 4) is 0 Å². The maximum Gasteiger partial charge on any atom is 0.0897 e. The van der Waals surface area contributed by atoms with Gasteiger partial charge in [0, 0.05) is 0 Å². The number of halogens is 1. The highest BCUT2D eigenvalue weighted by Crippen LogP contribution is 2.27. The van der Waals surface area contributed by atoms with Crippen LogP contribution in [-0.4, -0.2) is 6.67 Å². The highest BCUT2D eigenvalue weighted by Gasteiger charge is 2.18. The second-order valence-corrected chi connectivity index (χ2v) is 3.74. The van der Waals surface area contributed by atoms with Crippen LogP contribution in [0.4, 0.5) is 4.39 Å². The Morgan fingerprint density at radius 3 is 1.89 bits per heavy atom. The lowest BCUT2D eigenvalue weighted by atomic mass is 9.80. The summed E-state index contributed by atoms with van der Waals surface area (Å²) in [5.74, 6) is 0.488. The molecule has 0 saturated carbocycles. The van der Waals surface area contributed by atoms with E-state index in [-0.39, 0.29) is 12.1 Å². The Morgan fingerprint density at radius 1 is 1.33 bits per heavy atom. The van der Waals surface area contributed by atoms with E-state index in [1.165, 1.54) is 0 Å². The Hall–Kier alpha value is -0.0700. The first-order chi connectivity index (χ1) is 3.98. The Labute approximate surface area is 57.5 Å². The summed E-state index contributed by atoms with van der Waals surface area (Å²) in [4.78, 5) is 0. The lowest BCUT2D eigenvalue weighted by Crippen LogP contribution is -2.17. The summed E-state index contributed by atoms with van der Waals surface area (Å²) in [5.41, 5.74) is 0.270. The zero-order valence-corrected chi connectivity index (χ0v) is 6.87. The standard InChI is InChI=1S/C8H17F/c1-7(5-6-9)8(2,3)4/h7H,5-6H2,1-4H3. The maximum atomic E-state index is 11.8. The van der Waals surface area contributed by atoms with Crippen LogP contribution in [0.15, 0.2) is 0 Å². The van der Waals surface area contributed by atoms with E-state index in [2.05, 4.69) is 27.7 Å². The molecule has 0 bridgehead atoms. The second-order valence-electron chi connectivity index (χ2n) is 3.74. The van der Waals surface area contributed by atoms with Crippen LogP contribution >= 0.6 is 0 Å². The Kier molecular flexibility index (Phi) is 3.16. The third-order valence-corrected chi connectivity index (χ3v) is 2.02. The first kappa shape index (κ1) is 8.93. The van der Waals surface area contributed by atoms with Crippen molar-refractivity contribution in [2.75, 3.05) is 6.67 Å². The summed E-state index contributed by atoms with van der Waals surface area (Å²) in [5, 5.41) is 0. The molecule has 0 aromatic carbocycles. The van der Waals surface area contributed by atoms with Crippen LogP contribution < -0.4 is 0 Å². The molecule has 0 aliphatic heterocycles. The van der Waals surface area contributed by atoms with E-state index in [4.69, 9.17) is 0 Å². The molecule has 0 N–H and O–H groups in total. The number of alkyl halides is 1. The van der Waals surface area contributed by atoms with Gasteiger partial charge in [-0.15, -0.1) is 0 Å². The van der Waals surface area contributed by atoms with E-state index in [9.17, 15) is 4.39 Å². The first-order valence-electron chi connectivity index (χ1n) is 3.54. The van der Waals surface area contributed by atoms with E-state index < -0.39 is 0 Å². The molecule has 0 heterocycles. The molecule has 1 unspecified atom stereocenters. The number of hydrogen-bond acceptors (Lipinski definition) is 0. The average molecular weight is 132 g/mol. The van der Waals surface area contributed by atoms with Crippen molar-refractivity contribution in [1.82, 2.24) is 0 Å². The Bertz CT molecular complexity index is 71.1. The largest absolute Gasteiger partial charge is 0.251 e. The highest BCUT2D eigenvalue weighted by molar-refractivity contribution is 4.68. The molecular weight excluding hydrogens is 115 g/mol. The number of rotatable bonds is 2. The van der Waals surface area contributed by atoms with Gasteiger partial charge in [-0.3, -0.25) is 4.39 Å². The van der Waals surface area contributed by atoms with Crippen molar-refractivity contribution in [2.45, 2.75) is 34.1 Å². The predicted octanol–water partition coefficient (Wildman–Crippen LogP) is 3.03. The fourth-order valence-corrected chi connectivity index (χ4v) is 0.597. The van der Waals surface area contributed by atoms with Crippen molar-refractivity contribution >= 4 is 0 Å². The summed E-state index contributed by atoms with van der Waals surface area (Å²) >= 11 is 0. The first-order valence-corrected chi connectivity index (χ1v) is 3.54. The molecule has 0 aromatic heterocycles. The Morgan fingerprint density at radius 2 is 1.78 bits per heavy atom. The van der Waals surface area contributed by atoms with Gasteiger partial charge in [-0.25, -0.2) is 0 Å². The van der Waals surface area contributed by atoms with Gasteiger partial charge in [0.1, 0.15) is 0 Å². The molecule has 1 atom stereocenters. The summed E-state index contributed by atoms with van der Waals surface area (Å²) in [6.45, 7) is 8.35. The van der Waals surface area contributed by atoms with Crippen LogP contribution in [-0.2, 0) is 0 Å². The predicted molar refractivity (Wildman–Crippen MR) is 39.2 cm³/mol. The molecule has 0 aliphatic carbocycles. The Balaban J connectivity index is 3.59. The van der Waals surface area contributed by atoms with Crippen LogP contribution in [0.3, 0.4) is 0 Å². The quantitative estimate of drug-likeness (QED) is 0.541. The molecule has 0 nitrogen and oxygen atoms in total. The molecule has 0 rings (SSSR count). The summed E-state index contributed by atoms with van der Waals surface area (Å²) in [6, 6.07) is 0. The van der Waals surface area contributed by atoms with Gasteiger partial charge in [0.05, 0.1) is 6.67 Å². The minimum absolute atomic E-state index is 0.182. The summed E-state index contributed by atoms with van der Waals surface area (Å²) < 4.78 is 11.8. The monoisotopic (exact) mass is 132 g/mol. The van der Waals surface area contributed by atoms with Crippen LogP contribution in [0.2, 0.25) is 0 Å². The van der Waals surface area contributed by atoms with Gasteiger partial charge in [0.15, 0.2) is 0 Å². The highest BCUT2D eigenvalue weighted by atomic mass is 19.1. The van der Waals surface area contributed by atoms with Gasteiger partial charge < -0.3 is 0 Å². The maximum absolute atomic E-state index is 11.8. The van der Waals surface area contributed by atoms with Gasteiger partial charge in [-0.2, -0.15) is 0 Å². The average Bonchev–Trinajstić information content (AvgIpc) is 1.64. The zero-order valence-electron chi connectivity index (χ0n) is 6.87. The molecule has 1 heteroatoms. The molecule has 0 aromatic rings. The van der Waals surface area contributed by atoms with Gasteiger partial charge >= 0.3 is 0 Å². The molecule has 0 fully saturated rings. The zero-order chi connectivity index (χ0) is 7.49. The third kappa shape index (κ3) is 3.50. The van der Waals surface area contributed by atoms with Crippen molar-refractivity contribution in [3.63, 3.8) is 0 Å². The van der Waals surface area contributed by atoms with Gasteiger partial charge in [-0.05, 0) is 17.8 Å². The molecule has 0 aliphatic rings. The minimum atomic E-state index is -0.182. The molecular formula is C8H17F. The number of hydrogen-bond donors (Lipinski definition) is 0. The van der Waals surface area contributed by atoms with Crippen molar-refractivity contribution in [3.05, 3.63) is 0 Å². The van der Waals surface area contributed by atoms with Gasteiger partial charge in [0.2, 0.25) is 0 Å². The van der Waals surface area contributed by atoms with E-state index in [1.54, 1.807) is 0 Å². The smallest absolute Gasteiger partial charge is 0.0897 e. The van der Waals surface area contributed by atoms with E-state index in [1.807, 2.05) is 0 Å². The molecule has 0 spiro atoms.